The summed E-state index contributed by atoms with van der Waals surface area (Å²) < 4.78 is 23.3. The Bertz CT molecular complexity index is 1320. The number of carbonyl (C=O) groups is 1. The van der Waals surface area contributed by atoms with E-state index in [1.165, 1.54) is 0 Å². The lowest BCUT2D eigenvalue weighted by Gasteiger charge is -2.20. The van der Waals surface area contributed by atoms with Gasteiger partial charge in [-0.2, -0.15) is 0 Å². The standard InChI is InChI=1S/C31H31BrO6/c1-6-8-9-28(38-29-11-10-21(14-27(29)32)15-30(31(33)34)37-7-2)24-13-20(3)12-22(16-24)23-17-25(35-4)19-26(18-23)36-5/h1,8-14,16-19,28,30H,7,15H2,2-5H3,(H,33,34)/b9-8+/t28?,30-/m0/s1. The number of allylic oxidation sites excluding steroid dienone is 1. The van der Waals surface area contributed by atoms with E-state index in [2.05, 4.69) is 34.0 Å². The quantitative estimate of drug-likeness (QED) is 0.239. The van der Waals surface area contributed by atoms with Gasteiger partial charge in [-0.15, -0.1) is 6.42 Å². The van der Waals surface area contributed by atoms with Gasteiger partial charge in [-0.3, -0.25) is 0 Å². The van der Waals surface area contributed by atoms with E-state index in [9.17, 15) is 9.90 Å². The molecule has 1 N–H and O–H groups in total. The van der Waals surface area contributed by atoms with Gasteiger partial charge >= 0.3 is 5.97 Å². The molecule has 38 heavy (non-hydrogen) atoms. The molecule has 0 aliphatic rings. The van der Waals surface area contributed by atoms with E-state index in [-0.39, 0.29) is 6.42 Å². The van der Waals surface area contributed by atoms with Crippen LogP contribution in [0.2, 0.25) is 0 Å². The minimum absolute atomic E-state index is 0.244. The van der Waals surface area contributed by atoms with Crippen LogP contribution in [0.25, 0.3) is 11.1 Å². The lowest BCUT2D eigenvalue weighted by molar-refractivity contribution is -0.149. The van der Waals surface area contributed by atoms with Crippen molar-refractivity contribution in [2.24, 2.45) is 0 Å². The van der Waals surface area contributed by atoms with E-state index in [4.69, 9.17) is 25.4 Å². The van der Waals surface area contributed by atoms with Gasteiger partial charge in [0.2, 0.25) is 0 Å². The molecule has 0 radical (unpaired) electrons. The number of ether oxygens (including phenoxy) is 4. The van der Waals surface area contributed by atoms with Crippen LogP contribution in [0.4, 0.5) is 0 Å². The third-order valence-electron chi connectivity index (χ3n) is 5.79. The second-order valence-corrected chi connectivity index (χ2v) is 9.40. The van der Waals surface area contributed by atoms with Crippen LogP contribution in [0.1, 0.15) is 29.7 Å². The Balaban J connectivity index is 1.95. The van der Waals surface area contributed by atoms with E-state index in [1.54, 1.807) is 27.2 Å². The number of halogens is 1. The lowest BCUT2D eigenvalue weighted by Crippen LogP contribution is -2.26. The van der Waals surface area contributed by atoms with Crippen LogP contribution in [-0.4, -0.2) is 38.0 Å². The van der Waals surface area contributed by atoms with Gasteiger partial charge in [0, 0.05) is 19.1 Å². The van der Waals surface area contributed by atoms with Gasteiger partial charge in [0.15, 0.2) is 6.10 Å². The minimum Gasteiger partial charge on any atom is -0.497 e. The van der Waals surface area contributed by atoms with E-state index in [1.807, 2.05) is 55.5 Å². The number of carboxylic acid groups (broad SMARTS) is 1. The Labute approximate surface area is 232 Å². The topological polar surface area (TPSA) is 74.2 Å². The summed E-state index contributed by atoms with van der Waals surface area (Å²) in [6.07, 6.45) is 7.81. The maximum absolute atomic E-state index is 11.5. The van der Waals surface area contributed by atoms with Gasteiger partial charge in [-0.1, -0.05) is 29.7 Å². The van der Waals surface area contributed by atoms with Gasteiger partial charge in [0.1, 0.15) is 23.4 Å². The maximum atomic E-state index is 11.5. The lowest BCUT2D eigenvalue weighted by atomic mass is 9.97. The average molecular weight is 579 g/mol. The Hall–Kier alpha value is -3.73. The van der Waals surface area contributed by atoms with Crippen molar-refractivity contribution in [1.82, 2.24) is 0 Å². The minimum atomic E-state index is -0.994. The SMILES string of the molecule is C#C/C=C/C(Oc1ccc(C[C@H](OCC)C(=O)O)cc1Br)c1cc(C)cc(-c2cc(OC)cc(OC)c2)c1. The van der Waals surface area contributed by atoms with Crippen LogP contribution in [0, 0.1) is 19.3 Å². The molecular formula is C31H31BrO6. The highest BCUT2D eigenvalue weighted by Crippen LogP contribution is 2.35. The van der Waals surface area contributed by atoms with Crippen LogP contribution < -0.4 is 14.2 Å². The van der Waals surface area contributed by atoms with Crippen molar-refractivity contribution in [2.45, 2.75) is 32.5 Å². The second kappa shape index (κ2) is 13.7. The van der Waals surface area contributed by atoms with Crippen LogP contribution in [0.15, 0.2) is 71.2 Å². The first kappa shape index (κ1) is 28.8. The first-order chi connectivity index (χ1) is 18.3. The summed E-state index contributed by atoms with van der Waals surface area (Å²) in [6, 6.07) is 17.4. The molecule has 3 aromatic rings. The number of methoxy groups -OCH3 is 2. The molecule has 0 aromatic heterocycles. The second-order valence-electron chi connectivity index (χ2n) is 8.55. The van der Waals surface area contributed by atoms with E-state index in [0.717, 1.165) is 27.8 Å². The van der Waals surface area contributed by atoms with Crippen LogP contribution in [0.3, 0.4) is 0 Å². The van der Waals surface area contributed by atoms with E-state index < -0.39 is 18.2 Å². The van der Waals surface area contributed by atoms with Crippen LogP contribution in [-0.2, 0) is 16.0 Å². The molecule has 0 saturated carbocycles. The summed E-state index contributed by atoms with van der Waals surface area (Å²) in [6.45, 7) is 4.12. The molecule has 7 heteroatoms. The summed E-state index contributed by atoms with van der Waals surface area (Å²) in [7, 11) is 3.24. The van der Waals surface area contributed by atoms with Crippen molar-refractivity contribution in [1.29, 1.82) is 0 Å². The molecule has 0 saturated heterocycles. The number of terminal acetylenes is 1. The third kappa shape index (κ3) is 7.64. The van der Waals surface area contributed by atoms with Crippen molar-refractivity contribution in [3.63, 3.8) is 0 Å². The Morgan fingerprint density at radius 1 is 1.05 bits per heavy atom. The number of hydrogen-bond donors (Lipinski definition) is 1. The van der Waals surface area contributed by atoms with Gasteiger partial charge < -0.3 is 24.1 Å². The smallest absolute Gasteiger partial charge is 0.333 e. The molecule has 3 aromatic carbocycles. The molecule has 0 aliphatic heterocycles. The maximum Gasteiger partial charge on any atom is 0.333 e. The zero-order chi connectivity index (χ0) is 27.7. The number of benzene rings is 3. The van der Waals surface area contributed by atoms with E-state index in [0.29, 0.717) is 28.3 Å². The first-order valence-corrected chi connectivity index (χ1v) is 12.8. The Kier molecular flexibility index (Phi) is 10.4. The number of hydrogen-bond acceptors (Lipinski definition) is 5. The highest BCUT2D eigenvalue weighted by Gasteiger charge is 2.20. The fourth-order valence-corrected chi connectivity index (χ4v) is 4.54. The van der Waals surface area contributed by atoms with Crippen molar-refractivity contribution in [2.75, 3.05) is 20.8 Å². The van der Waals surface area contributed by atoms with Gasteiger partial charge in [-0.25, -0.2) is 4.79 Å². The molecule has 3 rings (SSSR count). The molecule has 6 nitrogen and oxygen atoms in total. The number of rotatable bonds is 12. The molecule has 2 atom stereocenters. The molecule has 0 bridgehead atoms. The van der Waals surface area contributed by atoms with Crippen molar-refractivity contribution < 1.29 is 28.8 Å². The number of carboxylic acids is 1. The van der Waals surface area contributed by atoms with Crippen molar-refractivity contribution in [3.05, 3.63) is 87.9 Å². The third-order valence-corrected chi connectivity index (χ3v) is 6.41. The molecule has 0 aliphatic carbocycles. The molecular weight excluding hydrogens is 548 g/mol. The zero-order valence-corrected chi connectivity index (χ0v) is 23.4. The Morgan fingerprint density at radius 2 is 1.74 bits per heavy atom. The highest BCUT2D eigenvalue weighted by atomic mass is 79.9. The Morgan fingerprint density at radius 3 is 2.32 bits per heavy atom. The first-order valence-electron chi connectivity index (χ1n) is 12.0. The molecule has 1 unspecified atom stereocenters. The molecule has 0 amide bonds. The molecule has 0 spiro atoms. The fraction of sp³-hybridized carbons (Fsp3) is 0.258. The predicted molar refractivity (Wildman–Crippen MR) is 152 cm³/mol. The highest BCUT2D eigenvalue weighted by molar-refractivity contribution is 9.10. The van der Waals surface area contributed by atoms with Crippen molar-refractivity contribution >= 4 is 21.9 Å². The van der Waals surface area contributed by atoms with Gasteiger partial charge in [-0.05, 0) is 94.5 Å². The summed E-state index contributed by atoms with van der Waals surface area (Å²) in [5.41, 5.74) is 4.69. The van der Waals surface area contributed by atoms with Crippen molar-refractivity contribution in [3.8, 4) is 40.7 Å². The molecule has 198 valence electrons. The summed E-state index contributed by atoms with van der Waals surface area (Å²) in [5.74, 6) is 3.53. The van der Waals surface area contributed by atoms with E-state index >= 15 is 0 Å². The number of aliphatic carboxylic acids is 1. The summed E-state index contributed by atoms with van der Waals surface area (Å²) >= 11 is 3.57. The average Bonchev–Trinajstić information content (AvgIpc) is 2.91. The number of aryl methyl sites for hydroxylation is 1. The monoisotopic (exact) mass is 578 g/mol. The largest absolute Gasteiger partial charge is 0.497 e. The summed E-state index contributed by atoms with van der Waals surface area (Å²) in [5, 5.41) is 9.40. The normalized spacial score (nSPS) is 12.5. The van der Waals surface area contributed by atoms with Gasteiger partial charge in [0.05, 0.1) is 18.7 Å². The summed E-state index contributed by atoms with van der Waals surface area (Å²) in [4.78, 5) is 11.5. The zero-order valence-electron chi connectivity index (χ0n) is 21.9. The molecule has 0 heterocycles. The van der Waals surface area contributed by atoms with Crippen LogP contribution >= 0.6 is 15.9 Å². The van der Waals surface area contributed by atoms with Gasteiger partial charge in [0.25, 0.3) is 0 Å². The fourth-order valence-electron chi connectivity index (χ4n) is 4.02. The van der Waals surface area contributed by atoms with Crippen LogP contribution in [0.5, 0.6) is 17.2 Å². The predicted octanol–water partition coefficient (Wildman–Crippen LogP) is 6.78. The molecule has 0 fully saturated rings.